The zero-order valence-corrected chi connectivity index (χ0v) is 16.6. The van der Waals surface area contributed by atoms with Crippen LogP contribution in [0, 0.1) is 0 Å². The van der Waals surface area contributed by atoms with Gasteiger partial charge >= 0.3 is 0 Å². The minimum Gasteiger partial charge on any atom is -0.325 e. The lowest BCUT2D eigenvalue weighted by molar-refractivity contribution is -0.116. The van der Waals surface area contributed by atoms with Gasteiger partial charge in [-0.15, -0.1) is 11.3 Å². The number of nitrogens with one attached hydrogen (secondary N) is 1. The van der Waals surface area contributed by atoms with E-state index in [-0.39, 0.29) is 18.0 Å². The fourth-order valence-electron chi connectivity index (χ4n) is 3.31. The molecule has 6 nitrogen and oxygen atoms in total. The first-order valence-electron chi connectivity index (χ1n) is 9.38. The molecule has 7 heteroatoms. The second-order valence-corrected chi connectivity index (χ2v) is 7.79. The van der Waals surface area contributed by atoms with Crippen LogP contribution in [0.2, 0.25) is 0 Å². The first-order valence-corrected chi connectivity index (χ1v) is 10.2. The summed E-state index contributed by atoms with van der Waals surface area (Å²) in [5.74, 6) is -0.282. The van der Waals surface area contributed by atoms with Crippen LogP contribution in [0.1, 0.15) is 0 Å². The number of carbonyl (C=O) groups is 1. The number of amides is 1. The zero-order valence-electron chi connectivity index (χ0n) is 15.8. The van der Waals surface area contributed by atoms with Crippen molar-refractivity contribution in [3.05, 3.63) is 89.5 Å². The number of hydrogen-bond donors (Lipinski definition) is 1. The standard InChI is InChI=1S/C23H16N4O2S/c28-19(25-16-9-5-2-6-10-16)13-27-14-24-20-17-11-12-18(15-7-3-1-4-8-15)26-22(17)30-21(20)23(27)29/h1-12,14H,13H2,(H,25,28). The van der Waals surface area contributed by atoms with E-state index in [9.17, 15) is 9.59 Å². The maximum atomic E-state index is 13.0. The van der Waals surface area contributed by atoms with Gasteiger partial charge < -0.3 is 5.32 Å². The van der Waals surface area contributed by atoms with Crippen molar-refractivity contribution in [1.82, 2.24) is 14.5 Å². The molecule has 2 aromatic carbocycles. The normalized spacial score (nSPS) is 11.1. The van der Waals surface area contributed by atoms with Gasteiger partial charge in [0.2, 0.25) is 5.91 Å². The molecule has 0 spiro atoms. The van der Waals surface area contributed by atoms with Crippen LogP contribution in [0.3, 0.4) is 0 Å². The molecule has 1 N–H and O–H groups in total. The maximum Gasteiger partial charge on any atom is 0.271 e. The van der Waals surface area contributed by atoms with Crippen LogP contribution in [-0.2, 0) is 11.3 Å². The van der Waals surface area contributed by atoms with Crippen LogP contribution in [0.25, 0.3) is 31.7 Å². The Bertz CT molecular complexity index is 1430. The number of carbonyl (C=O) groups excluding carboxylic acids is 1. The Morgan fingerprint density at radius 1 is 0.967 bits per heavy atom. The average Bonchev–Trinajstić information content (AvgIpc) is 3.16. The lowest BCUT2D eigenvalue weighted by Gasteiger charge is -2.07. The third kappa shape index (κ3) is 3.35. The van der Waals surface area contributed by atoms with E-state index in [1.807, 2.05) is 60.7 Å². The van der Waals surface area contributed by atoms with E-state index < -0.39 is 0 Å². The van der Waals surface area contributed by atoms with Crippen LogP contribution >= 0.6 is 11.3 Å². The van der Waals surface area contributed by atoms with Gasteiger partial charge in [-0.3, -0.25) is 14.2 Å². The van der Waals surface area contributed by atoms with Crippen LogP contribution in [0.4, 0.5) is 5.69 Å². The summed E-state index contributed by atoms with van der Waals surface area (Å²) in [6, 6.07) is 22.9. The molecule has 0 saturated carbocycles. The molecule has 0 aliphatic rings. The minimum atomic E-state index is -0.282. The van der Waals surface area contributed by atoms with Crippen molar-refractivity contribution in [1.29, 1.82) is 0 Å². The third-order valence-electron chi connectivity index (χ3n) is 4.75. The summed E-state index contributed by atoms with van der Waals surface area (Å²) in [4.78, 5) is 35.2. The number of aromatic nitrogens is 3. The van der Waals surface area contributed by atoms with E-state index in [1.54, 1.807) is 12.1 Å². The summed E-state index contributed by atoms with van der Waals surface area (Å²) in [7, 11) is 0. The predicted molar refractivity (Wildman–Crippen MR) is 120 cm³/mol. The zero-order chi connectivity index (χ0) is 20.5. The molecule has 146 valence electrons. The number of anilines is 1. The maximum absolute atomic E-state index is 13.0. The Balaban J connectivity index is 1.50. The summed E-state index contributed by atoms with van der Waals surface area (Å²) < 4.78 is 1.83. The van der Waals surface area contributed by atoms with Crippen LogP contribution in [0.5, 0.6) is 0 Å². The quantitative estimate of drug-likeness (QED) is 0.477. The van der Waals surface area contributed by atoms with E-state index in [0.717, 1.165) is 21.5 Å². The van der Waals surface area contributed by atoms with E-state index in [0.29, 0.717) is 15.9 Å². The molecule has 5 rings (SSSR count). The van der Waals surface area contributed by atoms with E-state index >= 15 is 0 Å². The Morgan fingerprint density at radius 2 is 1.70 bits per heavy atom. The van der Waals surface area contributed by atoms with Gasteiger partial charge in [0, 0.05) is 16.6 Å². The molecule has 1 amide bonds. The van der Waals surface area contributed by atoms with Gasteiger partial charge in [0.15, 0.2) is 0 Å². The molecule has 0 saturated heterocycles. The molecule has 0 atom stereocenters. The van der Waals surface area contributed by atoms with Gasteiger partial charge in [-0.1, -0.05) is 48.5 Å². The highest BCUT2D eigenvalue weighted by Gasteiger charge is 2.15. The largest absolute Gasteiger partial charge is 0.325 e. The van der Waals surface area contributed by atoms with Gasteiger partial charge in [-0.2, -0.15) is 0 Å². The lowest BCUT2D eigenvalue weighted by Crippen LogP contribution is -2.27. The number of nitrogens with zero attached hydrogens (tertiary/aromatic N) is 3. The summed E-state index contributed by atoms with van der Waals surface area (Å²) in [5.41, 5.74) is 2.92. The number of pyridine rings is 1. The van der Waals surface area contributed by atoms with Crippen molar-refractivity contribution in [2.24, 2.45) is 0 Å². The first-order chi connectivity index (χ1) is 14.7. The Kier molecular flexibility index (Phi) is 4.57. The van der Waals surface area contributed by atoms with E-state index in [2.05, 4.69) is 10.3 Å². The van der Waals surface area contributed by atoms with Crippen LogP contribution in [-0.4, -0.2) is 20.4 Å². The molecule has 3 aromatic heterocycles. The second-order valence-electron chi connectivity index (χ2n) is 6.79. The van der Waals surface area contributed by atoms with Crippen molar-refractivity contribution in [2.75, 3.05) is 5.32 Å². The SMILES string of the molecule is O=C(Cn1cnc2c(sc3nc(-c4ccccc4)ccc32)c1=O)Nc1ccccc1. The highest BCUT2D eigenvalue weighted by molar-refractivity contribution is 7.25. The fourth-order valence-corrected chi connectivity index (χ4v) is 4.38. The summed E-state index contributed by atoms with van der Waals surface area (Å²) in [6.07, 6.45) is 1.42. The van der Waals surface area contributed by atoms with Gasteiger partial charge in [0.25, 0.3) is 5.56 Å². The van der Waals surface area contributed by atoms with E-state index in [4.69, 9.17) is 4.98 Å². The molecule has 5 aromatic rings. The Morgan fingerprint density at radius 3 is 2.47 bits per heavy atom. The van der Waals surface area contributed by atoms with Crippen molar-refractivity contribution in [3.8, 4) is 11.3 Å². The Hall–Kier alpha value is -3.84. The number of hydrogen-bond acceptors (Lipinski definition) is 5. The van der Waals surface area contributed by atoms with Crippen LogP contribution < -0.4 is 10.9 Å². The van der Waals surface area contributed by atoms with Crippen LogP contribution in [0.15, 0.2) is 83.9 Å². The third-order valence-corrected chi connectivity index (χ3v) is 5.83. The molecule has 0 fully saturated rings. The number of benzene rings is 2. The van der Waals surface area contributed by atoms with Gasteiger partial charge in [-0.05, 0) is 24.3 Å². The highest BCUT2D eigenvalue weighted by atomic mass is 32.1. The number of fused-ring (bicyclic) bond motifs is 3. The van der Waals surface area contributed by atoms with Crippen molar-refractivity contribution < 1.29 is 4.79 Å². The Labute approximate surface area is 175 Å². The molecule has 30 heavy (non-hydrogen) atoms. The van der Waals surface area contributed by atoms with Gasteiger partial charge in [0.1, 0.15) is 16.1 Å². The molecule has 0 radical (unpaired) electrons. The molecule has 0 bridgehead atoms. The molecular weight excluding hydrogens is 396 g/mol. The molecule has 0 aliphatic carbocycles. The lowest BCUT2D eigenvalue weighted by atomic mass is 10.1. The number of thiophene rings is 1. The molecule has 3 heterocycles. The summed E-state index contributed by atoms with van der Waals surface area (Å²) in [5, 5.41) is 3.62. The summed E-state index contributed by atoms with van der Waals surface area (Å²) in [6.45, 7) is -0.104. The summed E-state index contributed by atoms with van der Waals surface area (Å²) >= 11 is 1.30. The van der Waals surface area contributed by atoms with Crippen molar-refractivity contribution >= 4 is 43.4 Å². The van der Waals surface area contributed by atoms with Gasteiger partial charge in [-0.25, -0.2) is 9.97 Å². The first kappa shape index (κ1) is 18.2. The van der Waals surface area contributed by atoms with Crippen molar-refractivity contribution in [2.45, 2.75) is 6.54 Å². The highest BCUT2D eigenvalue weighted by Crippen LogP contribution is 2.31. The number of para-hydroxylation sites is 1. The molecule has 0 unspecified atom stereocenters. The monoisotopic (exact) mass is 412 g/mol. The van der Waals surface area contributed by atoms with Crippen molar-refractivity contribution in [3.63, 3.8) is 0 Å². The average molecular weight is 412 g/mol. The fraction of sp³-hybridized carbons (Fsp3) is 0.0435. The number of rotatable bonds is 4. The smallest absolute Gasteiger partial charge is 0.271 e. The second kappa shape index (κ2) is 7.53. The predicted octanol–water partition coefficient (Wildman–Crippen LogP) is 4.31. The van der Waals surface area contributed by atoms with Gasteiger partial charge in [0.05, 0.1) is 17.5 Å². The minimum absolute atomic E-state index is 0.104. The van der Waals surface area contributed by atoms with E-state index in [1.165, 1.54) is 22.2 Å². The molecule has 0 aliphatic heterocycles. The topological polar surface area (TPSA) is 76.9 Å². The molecular formula is C23H16N4O2S.